The Bertz CT molecular complexity index is 982. The Labute approximate surface area is 166 Å². The molecule has 1 aromatic carbocycles. The summed E-state index contributed by atoms with van der Waals surface area (Å²) in [7, 11) is 2.06. The minimum Gasteiger partial charge on any atom is -0.508 e. The number of hydrogen-bond donors (Lipinski definition) is 2. The Kier molecular flexibility index (Phi) is 4.43. The molecule has 3 unspecified atom stereocenters. The van der Waals surface area contributed by atoms with Crippen LogP contribution in [0.25, 0.3) is 0 Å². The number of aryl methyl sites for hydroxylation is 1. The predicted octanol–water partition coefficient (Wildman–Crippen LogP) is 2.37. The Morgan fingerprint density at radius 3 is 2.68 bits per heavy atom. The normalized spacial score (nSPS) is 30.0. The maximum atomic E-state index is 12.5. The molecule has 1 saturated heterocycles. The van der Waals surface area contributed by atoms with Gasteiger partial charge in [-0.15, -0.1) is 0 Å². The van der Waals surface area contributed by atoms with E-state index in [4.69, 9.17) is 0 Å². The first-order chi connectivity index (χ1) is 13.2. The van der Waals surface area contributed by atoms with E-state index in [1.54, 1.807) is 12.1 Å². The molecule has 0 bridgehead atoms. The molecular weight excluding hydrogens is 352 g/mol. The molecule has 0 saturated carbocycles. The van der Waals surface area contributed by atoms with Crippen molar-refractivity contribution in [1.29, 1.82) is 0 Å². The summed E-state index contributed by atoms with van der Waals surface area (Å²) >= 11 is 0. The van der Waals surface area contributed by atoms with E-state index >= 15 is 0 Å². The lowest BCUT2D eigenvalue weighted by Gasteiger charge is -2.60. The third-order valence-corrected chi connectivity index (χ3v) is 7.44. The molecule has 0 amide bonds. The molecule has 1 aliphatic heterocycles. The number of likely N-dealkylation sites (N-methyl/N-ethyl adjacent to an activating group) is 1. The lowest BCUT2D eigenvalue weighted by Crippen LogP contribution is -2.70. The van der Waals surface area contributed by atoms with Gasteiger partial charge in [0.25, 0.3) is 5.56 Å². The number of aromatic nitrogens is 1. The van der Waals surface area contributed by atoms with Crippen LogP contribution in [0.2, 0.25) is 0 Å². The molecule has 2 aliphatic rings. The van der Waals surface area contributed by atoms with E-state index in [2.05, 4.69) is 18.9 Å². The van der Waals surface area contributed by atoms with Crippen molar-refractivity contribution in [1.82, 2.24) is 9.47 Å². The number of phenolic OH excluding ortho intramolecular Hbond substituents is 1. The number of nitrogens with zero attached hydrogens (tertiary/aromatic N) is 2. The first kappa shape index (κ1) is 19.2. The zero-order chi connectivity index (χ0) is 20.3. The summed E-state index contributed by atoms with van der Waals surface area (Å²) < 4.78 is 1.85. The number of benzene rings is 1. The number of phenols is 1. The summed E-state index contributed by atoms with van der Waals surface area (Å²) in [6.07, 6.45) is 1.88. The van der Waals surface area contributed by atoms with Crippen LogP contribution in [0.15, 0.2) is 35.1 Å². The molecule has 4 rings (SSSR count). The van der Waals surface area contributed by atoms with Gasteiger partial charge >= 0.3 is 0 Å². The topological polar surface area (TPSA) is 65.7 Å². The Morgan fingerprint density at radius 1 is 1.21 bits per heavy atom. The SMILES string of the molecule is CCn1c2c(ccc1=O)CC1(O)C(C)N(C)CCC1(c1cc(O)ccc1C)C2. The maximum absolute atomic E-state index is 12.5. The average Bonchev–Trinajstić information content (AvgIpc) is 2.67. The fourth-order valence-electron chi connectivity index (χ4n) is 5.65. The van der Waals surface area contributed by atoms with Crippen LogP contribution in [0, 0.1) is 6.92 Å². The second kappa shape index (κ2) is 6.46. The van der Waals surface area contributed by atoms with Gasteiger partial charge in [0.05, 0.1) is 5.60 Å². The van der Waals surface area contributed by atoms with Crippen molar-refractivity contribution >= 4 is 0 Å². The molecule has 1 aliphatic carbocycles. The minimum atomic E-state index is -0.985. The van der Waals surface area contributed by atoms with E-state index in [0.717, 1.165) is 35.3 Å². The Morgan fingerprint density at radius 2 is 1.96 bits per heavy atom. The fourth-order valence-corrected chi connectivity index (χ4v) is 5.65. The van der Waals surface area contributed by atoms with Crippen molar-refractivity contribution in [2.24, 2.45) is 0 Å². The van der Waals surface area contributed by atoms with Crippen LogP contribution in [-0.4, -0.2) is 44.9 Å². The highest BCUT2D eigenvalue weighted by Gasteiger charge is 2.60. The molecule has 2 heterocycles. The molecule has 28 heavy (non-hydrogen) atoms. The van der Waals surface area contributed by atoms with Crippen molar-refractivity contribution in [3.05, 3.63) is 63.1 Å². The van der Waals surface area contributed by atoms with E-state index in [1.807, 2.05) is 36.6 Å². The summed E-state index contributed by atoms with van der Waals surface area (Å²) in [6, 6.07) is 8.92. The molecule has 1 aromatic heterocycles. The van der Waals surface area contributed by atoms with Crippen molar-refractivity contribution in [2.75, 3.05) is 13.6 Å². The van der Waals surface area contributed by atoms with Crippen molar-refractivity contribution in [2.45, 2.75) is 63.6 Å². The predicted molar refractivity (Wildman–Crippen MR) is 110 cm³/mol. The zero-order valence-corrected chi connectivity index (χ0v) is 17.2. The summed E-state index contributed by atoms with van der Waals surface area (Å²) in [5.41, 5.74) is 2.63. The van der Waals surface area contributed by atoms with Gasteiger partial charge < -0.3 is 19.7 Å². The molecule has 1 fully saturated rings. The van der Waals surface area contributed by atoms with E-state index in [1.165, 1.54) is 0 Å². The van der Waals surface area contributed by atoms with Crippen molar-refractivity contribution in [3.8, 4) is 5.75 Å². The van der Waals surface area contributed by atoms with Crippen LogP contribution < -0.4 is 5.56 Å². The molecule has 3 atom stereocenters. The fraction of sp³-hybridized carbons (Fsp3) is 0.522. The van der Waals surface area contributed by atoms with Crippen LogP contribution in [0.5, 0.6) is 5.75 Å². The maximum Gasteiger partial charge on any atom is 0.250 e. The second-order valence-electron chi connectivity index (χ2n) is 8.65. The number of likely N-dealkylation sites (tertiary alicyclic amines) is 1. The molecule has 5 heteroatoms. The highest BCUT2D eigenvalue weighted by molar-refractivity contribution is 5.47. The Balaban J connectivity index is 2.02. The van der Waals surface area contributed by atoms with Crippen LogP contribution in [-0.2, 0) is 24.8 Å². The van der Waals surface area contributed by atoms with Gasteiger partial charge in [0, 0.05) is 42.6 Å². The number of aliphatic hydroxyl groups is 1. The van der Waals surface area contributed by atoms with E-state index in [9.17, 15) is 15.0 Å². The van der Waals surface area contributed by atoms with Crippen molar-refractivity contribution in [3.63, 3.8) is 0 Å². The van der Waals surface area contributed by atoms with Crippen molar-refractivity contribution < 1.29 is 10.2 Å². The van der Waals surface area contributed by atoms with E-state index in [0.29, 0.717) is 19.4 Å². The van der Waals surface area contributed by atoms with Crippen LogP contribution in [0.3, 0.4) is 0 Å². The first-order valence-corrected chi connectivity index (χ1v) is 10.2. The molecule has 150 valence electrons. The standard InChI is InChI=1S/C23H30N2O3/c1-5-25-20-14-22(19-12-18(26)8-6-15(19)2)10-11-24(4)16(3)23(22,28)13-17(20)7-9-21(25)27/h6-9,12,16,26,28H,5,10-11,13-14H2,1-4H3. The monoisotopic (exact) mass is 382 g/mol. The van der Waals surface area contributed by atoms with Gasteiger partial charge in [0.15, 0.2) is 0 Å². The third kappa shape index (κ3) is 2.49. The summed E-state index contributed by atoms with van der Waals surface area (Å²) in [5.74, 6) is 0.218. The van der Waals surface area contributed by atoms with Crippen LogP contribution in [0.4, 0.5) is 0 Å². The molecule has 0 radical (unpaired) electrons. The van der Waals surface area contributed by atoms with E-state index in [-0.39, 0.29) is 17.4 Å². The number of pyridine rings is 1. The van der Waals surface area contributed by atoms with Gasteiger partial charge in [0.1, 0.15) is 5.75 Å². The first-order valence-electron chi connectivity index (χ1n) is 10.2. The molecule has 2 aromatic rings. The number of aromatic hydroxyl groups is 1. The minimum absolute atomic E-state index is 0.00967. The molecular formula is C23H30N2O3. The number of fused-ring (bicyclic) bond motifs is 2. The van der Waals surface area contributed by atoms with Gasteiger partial charge in [-0.25, -0.2) is 0 Å². The zero-order valence-electron chi connectivity index (χ0n) is 17.2. The van der Waals surface area contributed by atoms with Crippen LogP contribution in [0.1, 0.15) is 42.7 Å². The molecule has 2 N–H and O–H groups in total. The van der Waals surface area contributed by atoms with Gasteiger partial charge in [-0.05, 0) is 69.6 Å². The quantitative estimate of drug-likeness (QED) is 0.837. The average molecular weight is 383 g/mol. The van der Waals surface area contributed by atoms with Gasteiger partial charge in [0.2, 0.25) is 0 Å². The summed E-state index contributed by atoms with van der Waals surface area (Å²) in [6.45, 7) is 7.60. The lowest BCUT2D eigenvalue weighted by atomic mass is 9.53. The molecule has 0 spiro atoms. The molecule has 5 nitrogen and oxygen atoms in total. The van der Waals surface area contributed by atoms with Gasteiger partial charge in [-0.1, -0.05) is 12.1 Å². The lowest BCUT2D eigenvalue weighted by molar-refractivity contribution is -0.133. The van der Waals surface area contributed by atoms with Gasteiger partial charge in [-0.2, -0.15) is 0 Å². The Hall–Kier alpha value is -2.11. The highest BCUT2D eigenvalue weighted by Crippen LogP contribution is 2.53. The smallest absolute Gasteiger partial charge is 0.250 e. The highest BCUT2D eigenvalue weighted by atomic mass is 16.3. The third-order valence-electron chi connectivity index (χ3n) is 7.44. The van der Waals surface area contributed by atoms with Crippen LogP contribution >= 0.6 is 0 Å². The largest absolute Gasteiger partial charge is 0.508 e. The number of rotatable bonds is 2. The number of piperidine rings is 1. The van der Waals surface area contributed by atoms with E-state index < -0.39 is 11.0 Å². The second-order valence-corrected chi connectivity index (χ2v) is 8.65. The number of hydrogen-bond acceptors (Lipinski definition) is 4. The summed E-state index contributed by atoms with van der Waals surface area (Å²) in [4.78, 5) is 14.7. The van der Waals surface area contributed by atoms with Gasteiger partial charge in [-0.3, -0.25) is 4.79 Å². The summed E-state index contributed by atoms with van der Waals surface area (Å²) in [5, 5.41) is 22.5.